The molecule has 2 aliphatic carbocycles. The zero-order chi connectivity index (χ0) is 23.1. The van der Waals surface area contributed by atoms with Crippen molar-refractivity contribution in [3.8, 4) is 5.75 Å². The molecule has 32 heavy (non-hydrogen) atoms. The lowest BCUT2D eigenvalue weighted by Gasteiger charge is -2.32. The summed E-state index contributed by atoms with van der Waals surface area (Å²) in [6.45, 7) is 8.20. The number of esters is 1. The second-order valence-electron chi connectivity index (χ2n) is 10.5. The Bertz CT molecular complexity index is 728. The Morgan fingerprint density at radius 3 is 2.59 bits per heavy atom. The minimum absolute atomic E-state index is 0.0507. The first-order valence-corrected chi connectivity index (χ1v) is 13.0. The summed E-state index contributed by atoms with van der Waals surface area (Å²) >= 11 is 0. The summed E-state index contributed by atoms with van der Waals surface area (Å²) in [5, 5.41) is 10.8. The van der Waals surface area contributed by atoms with Gasteiger partial charge in [-0.05, 0) is 73.5 Å². The van der Waals surface area contributed by atoms with Crippen molar-refractivity contribution in [3.63, 3.8) is 0 Å². The highest BCUT2D eigenvalue weighted by molar-refractivity contribution is 5.71. The van der Waals surface area contributed by atoms with E-state index in [-0.39, 0.29) is 24.8 Å². The SMILES string of the molecule is CCCCCCCCC1C2Cc3cccc(OCC(=O)OC(C)C(C)C)c3CC2C[C@H]1O. The molecule has 1 fully saturated rings. The molecular weight excluding hydrogens is 400 g/mol. The van der Waals surface area contributed by atoms with Crippen LogP contribution in [0.4, 0.5) is 0 Å². The molecule has 0 aromatic heterocycles. The fraction of sp³-hybridized carbons (Fsp3) is 0.750. The number of unbranched alkanes of at least 4 members (excludes halogenated alkanes) is 5. The fourth-order valence-electron chi connectivity index (χ4n) is 5.61. The third-order valence-electron chi connectivity index (χ3n) is 7.84. The van der Waals surface area contributed by atoms with Crippen LogP contribution in [-0.4, -0.2) is 29.9 Å². The number of fused-ring (bicyclic) bond motifs is 2. The molecule has 0 spiro atoms. The third kappa shape index (κ3) is 6.50. The average molecular weight is 445 g/mol. The van der Waals surface area contributed by atoms with Gasteiger partial charge in [0.1, 0.15) is 11.9 Å². The normalized spacial score (nSPS) is 25.3. The second kappa shape index (κ2) is 12.1. The molecule has 2 aliphatic rings. The van der Waals surface area contributed by atoms with Crippen LogP contribution in [0.2, 0.25) is 0 Å². The smallest absolute Gasteiger partial charge is 0.344 e. The van der Waals surface area contributed by atoms with Gasteiger partial charge < -0.3 is 14.6 Å². The summed E-state index contributed by atoms with van der Waals surface area (Å²) in [5.74, 6) is 2.30. The van der Waals surface area contributed by atoms with Crippen LogP contribution in [0.15, 0.2) is 18.2 Å². The van der Waals surface area contributed by atoms with Gasteiger partial charge in [0.05, 0.1) is 6.10 Å². The van der Waals surface area contributed by atoms with Crippen molar-refractivity contribution in [2.24, 2.45) is 23.7 Å². The van der Waals surface area contributed by atoms with Crippen LogP contribution in [0.1, 0.15) is 90.2 Å². The van der Waals surface area contributed by atoms with E-state index in [0.717, 1.165) is 31.4 Å². The zero-order valence-corrected chi connectivity index (χ0v) is 20.6. The molecule has 1 aromatic rings. The molecule has 4 unspecified atom stereocenters. The van der Waals surface area contributed by atoms with E-state index in [1.165, 1.54) is 49.7 Å². The van der Waals surface area contributed by atoms with Crippen LogP contribution in [0.3, 0.4) is 0 Å². The van der Waals surface area contributed by atoms with Gasteiger partial charge in [0.15, 0.2) is 6.61 Å². The van der Waals surface area contributed by atoms with Gasteiger partial charge in [-0.25, -0.2) is 4.79 Å². The molecule has 0 radical (unpaired) electrons. The Morgan fingerprint density at radius 2 is 1.84 bits per heavy atom. The minimum Gasteiger partial charge on any atom is -0.482 e. The van der Waals surface area contributed by atoms with Gasteiger partial charge in [-0.1, -0.05) is 71.4 Å². The number of aliphatic hydroxyl groups is 1. The van der Waals surface area contributed by atoms with Crippen molar-refractivity contribution in [2.45, 2.75) is 104 Å². The molecule has 0 amide bonds. The van der Waals surface area contributed by atoms with Crippen LogP contribution in [-0.2, 0) is 22.4 Å². The Hall–Kier alpha value is -1.55. The Balaban J connectivity index is 1.56. The number of ether oxygens (including phenoxy) is 2. The maximum Gasteiger partial charge on any atom is 0.344 e. The van der Waals surface area contributed by atoms with E-state index in [4.69, 9.17) is 9.47 Å². The van der Waals surface area contributed by atoms with E-state index >= 15 is 0 Å². The highest BCUT2D eigenvalue weighted by Gasteiger charge is 2.44. The van der Waals surface area contributed by atoms with Gasteiger partial charge in [-0.15, -0.1) is 0 Å². The Labute approximate surface area is 195 Å². The van der Waals surface area contributed by atoms with Crippen molar-refractivity contribution < 1.29 is 19.4 Å². The van der Waals surface area contributed by atoms with Crippen molar-refractivity contribution >= 4 is 5.97 Å². The maximum atomic E-state index is 12.2. The zero-order valence-electron chi connectivity index (χ0n) is 20.6. The number of hydrogen-bond acceptors (Lipinski definition) is 4. The molecule has 0 heterocycles. The van der Waals surface area contributed by atoms with Gasteiger partial charge >= 0.3 is 5.97 Å². The number of carbonyl (C=O) groups excluding carboxylic acids is 1. The van der Waals surface area contributed by atoms with Gasteiger partial charge in [0, 0.05) is 0 Å². The highest BCUT2D eigenvalue weighted by atomic mass is 16.6. The first-order chi connectivity index (χ1) is 15.4. The van der Waals surface area contributed by atoms with E-state index in [0.29, 0.717) is 23.7 Å². The summed E-state index contributed by atoms with van der Waals surface area (Å²) < 4.78 is 11.4. The molecule has 4 nitrogen and oxygen atoms in total. The molecule has 5 atom stereocenters. The predicted octanol–water partition coefficient (Wildman–Crippen LogP) is 6.12. The molecule has 0 aliphatic heterocycles. The van der Waals surface area contributed by atoms with E-state index in [1.54, 1.807) is 0 Å². The number of rotatable bonds is 12. The van der Waals surface area contributed by atoms with Crippen LogP contribution in [0.25, 0.3) is 0 Å². The summed E-state index contributed by atoms with van der Waals surface area (Å²) in [5.41, 5.74) is 2.56. The van der Waals surface area contributed by atoms with E-state index < -0.39 is 0 Å². The molecule has 0 saturated heterocycles. The number of carbonyl (C=O) groups is 1. The predicted molar refractivity (Wildman–Crippen MR) is 129 cm³/mol. The largest absolute Gasteiger partial charge is 0.482 e. The van der Waals surface area contributed by atoms with Crippen molar-refractivity contribution in [1.82, 2.24) is 0 Å². The van der Waals surface area contributed by atoms with Crippen LogP contribution < -0.4 is 4.74 Å². The van der Waals surface area contributed by atoms with Crippen molar-refractivity contribution in [3.05, 3.63) is 29.3 Å². The first kappa shape index (κ1) is 25.1. The molecule has 1 saturated carbocycles. The lowest BCUT2D eigenvalue weighted by Crippen LogP contribution is -2.28. The molecule has 3 rings (SSSR count). The van der Waals surface area contributed by atoms with Crippen LogP contribution >= 0.6 is 0 Å². The molecule has 180 valence electrons. The summed E-state index contributed by atoms with van der Waals surface area (Å²) in [7, 11) is 0. The first-order valence-electron chi connectivity index (χ1n) is 13.0. The third-order valence-corrected chi connectivity index (χ3v) is 7.84. The lowest BCUT2D eigenvalue weighted by molar-refractivity contribution is -0.152. The van der Waals surface area contributed by atoms with Crippen molar-refractivity contribution in [2.75, 3.05) is 6.61 Å². The monoisotopic (exact) mass is 444 g/mol. The standard InChI is InChI=1S/C28H44O4/c1-5-6-7-8-9-10-13-23-24-15-21-12-11-14-27(25(21)16-22(24)17-26(23)29)31-18-28(30)32-20(4)19(2)3/h11-12,14,19-20,22-24,26,29H,5-10,13,15-18H2,1-4H3/t20?,22?,23?,24?,26-/m1/s1. The van der Waals surface area contributed by atoms with E-state index in [2.05, 4.69) is 13.0 Å². The van der Waals surface area contributed by atoms with Gasteiger partial charge in [0.25, 0.3) is 0 Å². The van der Waals surface area contributed by atoms with Gasteiger partial charge in [-0.3, -0.25) is 0 Å². The average Bonchev–Trinajstić information content (AvgIpc) is 3.07. The lowest BCUT2D eigenvalue weighted by atomic mass is 9.73. The number of aliphatic hydroxyl groups excluding tert-OH is 1. The molecule has 1 N–H and O–H groups in total. The Kier molecular flexibility index (Phi) is 9.46. The fourth-order valence-corrected chi connectivity index (χ4v) is 5.61. The molecule has 0 bridgehead atoms. The van der Waals surface area contributed by atoms with Gasteiger partial charge in [0.2, 0.25) is 0 Å². The topological polar surface area (TPSA) is 55.8 Å². The van der Waals surface area contributed by atoms with E-state index in [1.807, 2.05) is 32.9 Å². The second-order valence-corrected chi connectivity index (χ2v) is 10.5. The van der Waals surface area contributed by atoms with Crippen molar-refractivity contribution in [1.29, 1.82) is 0 Å². The molecule has 4 heteroatoms. The quantitative estimate of drug-likeness (QED) is 0.312. The summed E-state index contributed by atoms with van der Waals surface area (Å²) in [6, 6.07) is 6.20. The summed E-state index contributed by atoms with van der Waals surface area (Å²) in [6.07, 6.45) is 11.5. The minimum atomic E-state index is -0.312. The van der Waals surface area contributed by atoms with Gasteiger partial charge in [-0.2, -0.15) is 0 Å². The summed E-state index contributed by atoms with van der Waals surface area (Å²) in [4.78, 5) is 12.2. The van der Waals surface area contributed by atoms with E-state index in [9.17, 15) is 9.90 Å². The molecular formula is C28H44O4. The number of benzene rings is 1. The molecule has 1 aromatic carbocycles. The van der Waals surface area contributed by atoms with Crippen LogP contribution in [0, 0.1) is 23.7 Å². The maximum absolute atomic E-state index is 12.2. The number of hydrogen-bond donors (Lipinski definition) is 1. The Morgan fingerprint density at radius 1 is 1.09 bits per heavy atom. The highest BCUT2D eigenvalue weighted by Crippen LogP contribution is 2.48. The van der Waals surface area contributed by atoms with Crippen LogP contribution in [0.5, 0.6) is 5.75 Å².